The van der Waals surface area contributed by atoms with Gasteiger partial charge < -0.3 is 23.7 Å². The van der Waals surface area contributed by atoms with E-state index >= 15 is 0 Å². The van der Waals surface area contributed by atoms with E-state index in [1.165, 1.54) is 0 Å². The van der Waals surface area contributed by atoms with Gasteiger partial charge in [0.1, 0.15) is 0 Å². The lowest BCUT2D eigenvalue weighted by Gasteiger charge is -2.33. The summed E-state index contributed by atoms with van der Waals surface area (Å²) in [4.78, 5) is 67.4. The van der Waals surface area contributed by atoms with Crippen molar-refractivity contribution in [3.05, 3.63) is 94.1 Å². The van der Waals surface area contributed by atoms with Crippen molar-refractivity contribution in [3.63, 3.8) is 0 Å². The topological polar surface area (TPSA) is 132 Å². The lowest BCUT2D eigenvalue weighted by molar-refractivity contribution is -0.165. The molecule has 2 aromatic rings. The van der Waals surface area contributed by atoms with Crippen LogP contribution in [0.15, 0.2) is 83.0 Å². The fourth-order valence-corrected chi connectivity index (χ4v) is 4.74. The smallest absolute Gasteiger partial charge is 0.339 e. The molecule has 38 heavy (non-hydrogen) atoms. The van der Waals surface area contributed by atoms with Crippen LogP contribution in [0.5, 0.6) is 0 Å². The zero-order chi connectivity index (χ0) is 28.0. The molecule has 0 fully saturated rings. The van der Waals surface area contributed by atoms with Gasteiger partial charge in [0.25, 0.3) is 0 Å². The first kappa shape index (κ1) is 27.9. The van der Waals surface area contributed by atoms with Gasteiger partial charge in [-0.25, -0.2) is 14.4 Å². The summed E-state index contributed by atoms with van der Waals surface area (Å²) in [5, 5.41) is 0. The first-order chi connectivity index (χ1) is 18.3. The second-order valence-electron chi connectivity index (χ2n) is 8.00. The maximum Gasteiger partial charge on any atom is 0.339 e. The molecule has 0 aliphatic heterocycles. The quantitative estimate of drug-likeness (QED) is 0.289. The van der Waals surface area contributed by atoms with Gasteiger partial charge in [-0.05, 0) is 16.7 Å². The van der Waals surface area contributed by atoms with Crippen LogP contribution in [0.25, 0.3) is 0 Å². The number of rotatable bonds is 8. The standard InChI is InChI=1S/C28H26O10/c1-34-23(29)19-20(24(30)35-2)22(25(31)36-3)28(26(32)37-4,27(33)38-5)21(19)18(16-12-8-6-9-13-16)17-14-10-7-11-15-17/h6-15,18H,1-5H3. The van der Waals surface area contributed by atoms with Crippen molar-refractivity contribution in [2.75, 3.05) is 35.5 Å². The van der Waals surface area contributed by atoms with E-state index in [1.54, 1.807) is 60.7 Å². The minimum absolute atomic E-state index is 0.277. The van der Waals surface area contributed by atoms with E-state index in [9.17, 15) is 24.0 Å². The van der Waals surface area contributed by atoms with Crippen molar-refractivity contribution in [2.45, 2.75) is 5.92 Å². The molecule has 0 saturated heterocycles. The van der Waals surface area contributed by atoms with E-state index in [0.717, 1.165) is 35.5 Å². The number of carbonyl (C=O) groups is 5. The van der Waals surface area contributed by atoms with Gasteiger partial charge in [0.05, 0.1) is 52.3 Å². The Hall–Kier alpha value is -4.73. The van der Waals surface area contributed by atoms with Gasteiger partial charge in [-0.3, -0.25) is 9.59 Å². The zero-order valence-electron chi connectivity index (χ0n) is 21.4. The number of ether oxygens (including phenoxy) is 5. The summed E-state index contributed by atoms with van der Waals surface area (Å²) in [6.07, 6.45) is 0. The highest BCUT2D eigenvalue weighted by Gasteiger charge is 2.66. The number of benzene rings is 2. The second-order valence-corrected chi connectivity index (χ2v) is 8.00. The van der Waals surface area contributed by atoms with Gasteiger partial charge in [-0.15, -0.1) is 0 Å². The van der Waals surface area contributed by atoms with Gasteiger partial charge >= 0.3 is 29.8 Å². The molecular formula is C28H26O10. The SMILES string of the molecule is COC(=O)C1=C(C(=O)OC)C(C(=O)OC)(C(=O)OC)C(C(c2ccccc2)c2ccccc2)=C1C(=O)OC. The highest BCUT2D eigenvalue weighted by atomic mass is 16.6. The Morgan fingerprint density at radius 3 is 1.32 bits per heavy atom. The summed E-state index contributed by atoms with van der Waals surface area (Å²) in [6.45, 7) is 0. The summed E-state index contributed by atoms with van der Waals surface area (Å²) in [5.74, 6) is -7.15. The second kappa shape index (κ2) is 11.5. The Bertz CT molecular complexity index is 1270. The van der Waals surface area contributed by atoms with Crippen LogP contribution in [-0.2, 0) is 47.7 Å². The van der Waals surface area contributed by atoms with Gasteiger partial charge in [-0.1, -0.05) is 60.7 Å². The largest absolute Gasteiger partial charge is 0.468 e. The molecule has 3 rings (SSSR count). The van der Waals surface area contributed by atoms with Crippen molar-refractivity contribution in [1.82, 2.24) is 0 Å². The van der Waals surface area contributed by atoms with Crippen LogP contribution in [0.1, 0.15) is 17.0 Å². The number of hydrogen-bond donors (Lipinski definition) is 0. The van der Waals surface area contributed by atoms with Gasteiger partial charge in [-0.2, -0.15) is 0 Å². The first-order valence-electron chi connectivity index (χ1n) is 11.3. The van der Waals surface area contributed by atoms with Crippen LogP contribution in [-0.4, -0.2) is 65.4 Å². The average Bonchev–Trinajstić information content (AvgIpc) is 3.28. The fraction of sp³-hybridized carbons (Fsp3) is 0.250. The van der Waals surface area contributed by atoms with E-state index in [-0.39, 0.29) is 5.57 Å². The summed E-state index contributed by atoms with van der Waals surface area (Å²) in [7, 11) is 5.04. The van der Waals surface area contributed by atoms with E-state index < -0.39 is 57.9 Å². The first-order valence-corrected chi connectivity index (χ1v) is 11.3. The van der Waals surface area contributed by atoms with Crippen molar-refractivity contribution < 1.29 is 47.7 Å². The third-order valence-corrected chi connectivity index (χ3v) is 6.25. The molecule has 1 aliphatic carbocycles. The maximum absolute atomic E-state index is 13.8. The van der Waals surface area contributed by atoms with E-state index in [4.69, 9.17) is 23.7 Å². The number of carbonyl (C=O) groups excluding carboxylic acids is 5. The van der Waals surface area contributed by atoms with E-state index in [0.29, 0.717) is 11.1 Å². The van der Waals surface area contributed by atoms with Crippen LogP contribution in [0.3, 0.4) is 0 Å². The van der Waals surface area contributed by atoms with Crippen molar-refractivity contribution in [3.8, 4) is 0 Å². The van der Waals surface area contributed by atoms with Crippen LogP contribution >= 0.6 is 0 Å². The molecule has 0 bridgehead atoms. The molecule has 0 saturated carbocycles. The molecule has 0 amide bonds. The fourth-order valence-electron chi connectivity index (χ4n) is 4.74. The predicted octanol–water partition coefficient (Wildman–Crippen LogP) is 2.28. The predicted molar refractivity (Wildman–Crippen MR) is 131 cm³/mol. The van der Waals surface area contributed by atoms with Gasteiger partial charge in [0.15, 0.2) is 0 Å². The van der Waals surface area contributed by atoms with Crippen LogP contribution < -0.4 is 0 Å². The summed E-state index contributed by atoms with van der Waals surface area (Å²) in [6, 6.07) is 17.2. The summed E-state index contributed by atoms with van der Waals surface area (Å²) >= 11 is 0. The maximum atomic E-state index is 13.8. The third-order valence-electron chi connectivity index (χ3n) is 6.25. The van der Waals surface area contributed by atoms with Crippen LogP contribution in [0, 0.1) is 5.41 Å². The molecule has 0 N–H and O–H groups in total. The molecule has 0 atom stereocenters. The van der Waals surface area contributed by atoms with Crippen molar-refractivity contribution >= 4 is 29.8 Å². The molecule has 0 spiro atoms. The molecule has 10 heteroatoms. The lowest BCUT2D eigenvalue weighted by Crippen LogP contribution is -2.47. The highest BCUT2D eigenvalue weighted by Crippen LogP contribution is 2.56. The lowest BCUT2D eigenvalue weighted by atomic mass is 9.67. The minimum Gasteiger partial charge on any atom is -0.468 e. The molecular weight excluding hydrogens is 496 g/mol. The highest BCUT2D eigenvalue weighted by molar-refractivity contribution is 6.25. The molecule has 1 aliphatic rings. The number of esters is 5. The normalized spacial score (nSPS) is 14.2. The molecule has 10 nitrogen and oxygen atoms in total. The molecule has 198 valence electrons. The minimum atomic E-state index is -2.74. The van der Waals surface area contributed by atoms with Gasteiger partial charge in [0.2, 0.25) is 5.41 Å². The average molecular weight is 523 g/mol. The number of hydrogen-bond acceptors (Lipinski definition) is 10. The Balaban J connectivity index is 2.70. The van der Waals surface area contributed by atoms with E-state index in [1.807, 2.05) is 0 Å². The molecule has 0 aromatic heterocycles. The Kier molecular flexibility index (Phi) is 8.46. The molecule has 0 heterocycles. The van der Waals surface area contributed by atoms with Crippen LogP contribution in [0.4, 0.5) is 0 Å². The van der Waals surface area contributed by atoms with Gasteiger partial charge in [0, 0.05) is 5.92 Å². The zero-order valence-corrected chi connectivity index (χ0v) is 21.4. The summed E-state index contributed by atoms with van der Waals surface area (Å²) in [5.41, 5.74) is -3.95. The summed E-state index contributed by atoms with van der Waals surface area (Å²) < 4.78 is 24.9. The van der Waals surface area contributed by atoms with Crippen molar-refractivity contribution in [1.29, 1.82) is 0 Å². The van der Waals surface area contributed by atoms with E-state index in [2.05, 4.69) is 0 Å². The number of methoxy groups -OCH3 is 5. The monoisotopic (exact) mass is 522 g/mol. The Morgan fingerprint density at radius 1 is 0.553 bits per heavy atom. The molecule has 0 radical (unpaired) electrons. The molecule has 2 aromatic carbocycles. The third kappa shape index (κ3) is 4.34. The Morgan fingerprint density at radius 2 is 0.947 bits per heavy atom. The molecule has 0 unspecified atom stereocenters. The van der Waals surface area contributed by atoms with Crippen molar-refractivity contribution in [2.24, 2.45) is 5.41 Å². The Labute approximate surface area is 218 Å². The van der Waals surface area contributed by atoms with Crippen LogP contribution in [0.2, 0.25) is 0 Å².